The Morgan fingerprint density at radius 1 is 1.15 bits per heavy atom. The molecule has 0 bridgehead atoms. The largest absolute Gasteiger partial charge is 0.378 e. The van der Waals surface area contributed by atoms with Gasteiger partial charge < -0.3 is 10.6 Å². The number of nitrogens with two attached hydrogens (primary N) is 1. The number of hydrogen-bond donors (Lipinski definition) is 2. The predicted octanol–water partition coefficient (Wildman–Crippen LogP) is 4.23. The summed E-state index contributed by atoms with van der Waals surface area (Å²) in [7, 11) is 0. The average molecular weight is 381 g/mol. The lowest BCUT2D eigenvalue weighted by atomic mass is 9.76. The van der Waals surface area contributed by atoms with Crippen molar-refractivity contribution >= 4 is 28.0 Å². The van der Waals surface area contributed by atoms with E-state index in [9.17, 15) is 4.79 Å². The fourth-order valence-electron chi connectivity index (χ4n) is 3.42. The number of amidine groups is 1. The normalized spacial score (nSPS) is 20.3. The molecule has 1 heterocycles. The Labute approximate surface area is 164 Å². The van der Waals surface area contributed by atoms with Gasteiger partial charge in [0.1, 0.15) is 5.04 Å². The zero-order valence-corrected chi connectivity index (χ0v) is 16.2. The van der Waals surface area contributed by atoms with Gasteiger partial charge in [-0.2, -0.15) is 4.99 Å². The minimum Gasteiger partial charge on any atom is -0.378 e. The lowest BCUT2D eigenvalue weighted by Gasteiger charge is -2.40. The first-order valence-corrected chi connectivity index (χ1v) is 9.80. The highest BCUT2D eigenvalue weighted by Gasteiger charge is 2.34. The molecule has 1 aliphatic rings. The number of thioether (sulfide) groups is 1. The number of carbonyl (C=O) groups is 1. The lowest BCUT2D eigenvalue weighted by molar-refractivity contribution is 0.164. The highest BCUT2D eigenvalue weighted by molar-refractivity contribution is 8.26. The number of urea groups is 1. The molecule has 3 N–H and O–H groups in total. The van der Waals surface area contributed by atoms with Crippen molar-refractivity contribution < 1.29 is 4.79 Å². The predicted molar refractivity (Wildman–Crippen MR) is 112 cm³/mol. The Kier molecular flexibility index (Phi) is 5.96. The fraction of sp³-hybridized carbons (Fsp3) is 0.286. The average Bonchev–Trinajstić information content (AvgIpc) is 2.69. The van der Waals surface area contributed by atoms with Gasteiger partial charge in [0.05, 0.1) is 0 Å². The Balaban J connectivity index is 1.66. The van der Waals surface area contributed by atoms with Gasteiger partial charge in [0.2, 0.25) is 0 Å². The van der Waals surface area contributed by atoms with Gasteiger partial charge in [-0.1, -0.05) is 67.6 Å². The number of nitrogens with one attached hydrogen (secondary N) is 1. The SMILES string of the molecule is CC1(c2ccccc2)CCCN(C(=O)/N=C(\N)SC(=N)c2ccccc2)C1. The second-order valence-corrected chi connectivity index (χ2v) is 8.01. The first-order chi connectivity index (χ1) is 13.0. The number of piperidine rings is 1. The molecule has 0 saturated carbocycles. The van der Waals surface area contributed by atoms with E-state index in [0.717, 1.165) is 30.2 Å². The van der Waals surface area contributed by atoms with Crippen molar-refractivity contribution in [2.45, 2.75) is 25.2 Å². The van der Waals surface area contributed by atoms with Crippen LogP contribution in [0.3, 0.4) is 0 Å². The van der Waals surface area contributed by atoms with Crippen molar-refractivity contribution in [3.63, 3.8) is 0 Å². The van der Waals surface area contributed by atoms with Gasteiger partial charge in [0.25, 0.3) is 0 Å². The molecule has 1 atom stereocenters. The first kappa shape index (κ1) is 19.2. The molecule has 27 heavy (non-hydrogen) atoms. The molecule has 2 amide bonds. The third-order valence-electron chi connectivity index (χ3n) is 4.89. The Bertz CT molecular complexity index is 838. The van der Waals surface area contributed by atoms with E-state index in [4.69, 9.17) is 11.1 Å². The summed E-state index contributed by atoms with van der Waals surface area (Å²) in [6, 6.07) is 19.2. The molecule has 1 fully saturated rings. The Morgan fingerprint density at radius 3 is 2.44 bits per heavy atom. The van der Waals surface area contributed by atoms with Crippen LogP contribution in [0.1, 0.15) is 30.9 Å². The molecule has 0 spiro atoms. The second kappa shape index (κ2) is 8.39. The van der Waals surface area contributed by atoms with Crippen molar-refractivity contribution in [2.75, 3.05) is 13.1 Å². The van der Waals surface area contributed by atoms with Gasteiger partial charge in [-0.05, 0) is 30.2 Å². The molecule has 0 aromatic heterocycles. The summed E-state index contributed by atoms with van der Waals surface area (Å²) < 4.78 is 0. The molecule has 0 aliphatic carbocycles. The van der Waals surface area contributed by atoms with E-state index in [1.165, 1.54) is 5.56 Å². The van der Waals surface area contributed by atoms with Gasteiger partial charge in [-0.25, -0.2) is 4.79 Å². The number of benzene rings is 2. The maximum atomic E-state index is 12.6. The molecular formula is C21H24N4OS. The molecule has 2 aromatic carbocycles. The third-order valence-corrected chi connectivity index (χ3v) is 5.63. The third kappa shape index (κ3) is 4.77. The Morgan fingerprint density at radius 2 is 1.78 bits per heavy atom. The maximum absolute atomic E-state index is 12.6. The van der Waals surface area contributed by atoms with Gasteiger partial charge >= 0.3 is 6.03 Å². The zero-order chi connectivity index (χ0) is 19.3. The molecule has 1 unspecified atom stereocenters. The standard InChI is InChI=1S/C21H24N4OS/c1-21(17-11-6-3-7-12-17)13-8-14-25(15-21)20(26)24-19(23)27-18(22)16-9-4-2-5-10-16/h2-7,9-12,22H,8,13-15H2,1H3,(H2,23,24,26). The van der Waals surface area contributed by atoms with Crippen LogP contribution in [0.25, 0.3) is 0 Å². The lowest BCUT2D eigenvalue weighted by Crippen LogP contribution is -2.46. The summed E-state index contributed by atoms with van der Waals surface area (Å²) in [4.78, 5) is 18.4. The van der Waals surface area contributed by atoms with Gasteiger partial charge in [0, 0.05) is 24.1 Å². The fourth-order valence-corrected chi connectivity index (χ4v) is 4.01. The van der Waals surface area contributed by atoms with Crippen LogP contribution in [0, 0.1) is 5.41 Å². The van der Waals surface area contributed by atoms with Crippen LogP contribution < -0.4 is 5.73 Å². The highest BCUT2D eigenvalue weighted by atomic mass is 32.2. The molecule has 1 aliphatic heterocycles. The first-order valence-electron chi connectivity index (χ1n) is 8.98. The van der Waals surface area contributed by atoms with Crippen LogP contribution in [0.2, 0.25) is 0 Å². The summed E-state index contributed by atoms with van der Waals surface area (Å²) in [5, 5.41) is 8.47. The van der Waals surface area contributed by atoms with E-state index in [1.54, 1.807) is 4.90 Å². The maximum Gasteiger partial charge on any atom is 0.345 e. The number of nitrogens with zero attached hydrogens (tertiary/aromatic N) is 2. The summed E-state index contributed by atoms with van der Waals surface area (Å²) in [6.07, 6.45) is 1.97. The van der Waals surface area contributed by atoms with Crippen LogP contribution in [-0.4, -0.2) is 34.2 Å². The van der Waals surface area contributed by atoms with Crippen LogP contribution in [-0.2, 0) is 5.41 Å². The van der Waals surface area contributed by atoms with Crippen LogP contribution in [0.15, 0.2) is 65.7 Å². The van der Waals surface area contributed by atoms with Crippen molar-refractivity contribution in [2.24, 2.45) is 10.7 Å². The van der Waals surface area contributed by atoms with Crippen molar-refractivity contribution in [1.82, 2.24) is 4.90 Å². The summed E-state index contributed by atoms with van der Waals surface area (Å²) in [5.74, 6) is 0. The van der Waals surface area contributed by atoms with Crippen LogP contribution in [0.4, 0.5) is 4.79 Å². The molecule has 3 rings (SSSR count). The van der Waals surface area contributed by atoms with E-state index < -0.39 is 0 Å². The van der Waals surface area contributed by atoms with Crippen LogP contribution in [0.5, 0.6) is 0 Å². The summed E-state index contributed by atoms with van der Waals surface area (Å²) >= 11 is 1.00. The number of amides is 2. The zero-order valence-electron chi connectivity index (χ0n) is 15.4. The number of hydrogen-bond acceptors (Lipinski definition) is 3. The van der Waals surface area contributed by atoms with E-state index >= 15 is 0 Å². The summed E-state index contributed by atoms with van der Waals surface area (Å²) in [6.45, 7) is 3.49. The second-order valence-electron chi connectivity index (χ2n) is 6.98. The van der Waals surface area contributed by atoms with Crippen molar-refractivity contribution in [3.8, 4) is 0 Å². The molecule has 2 aromatic rings. The smallest absolute Gasteiger partial charge is 0.345 e. The topological polar surface area (TPSA) is 82.5 Å². The number of carbonyl (C=O) groups excluding carboxylic acids is 1. The molecule has 6 heteroatoms. The minimum atomic E-state index is -0.331. The highest BCUT2D eigenvalue weighted by Crippen LogP contribution is 2.33. The van der Waals surface area contributed by atoms with Gasteiger partial charge in [-0.3, -0.25) is 5.41 Å². The van der Waals surface area contributed by atoms with Crippen molar-refractivity contribution in [3.05, 3.63) is 71.8 Å². The number of likely N-dealkylation sites (tertiary alicyclic amines) is 1. The molecule has 0 radical (unpaired) electrons. The molecule has 140 valence electrons. The molecular weight excluding hydrogens is 356 g/mol. The quantitative estimate of drug-likeness (QED) is 0.604. The minimum absolute atomic E-state index is 0.0800. The molecule has 5 nitrogen and oxygen atoms in total. The van der Waals surface area contributed by atoms with Crippen LogP contribution >= 0.6 is 11.8 Å². The number of aliphatic imine (C=N–C) groups is 1. The summed E-state index contributed by atoms with van der Waals surface area (Å²) in [5.41, 5.74) is 7.83. The number of rotatable bonds is 2. The van der Waals surface area contributed by atoms with Gasteiger partial charge in [-0.15, -0.1) is 0 Å². The van der Waals surface area contributed by atoms with E-state index in [2.05, 4.69) is 24.0 Å². The molecule has 1 saturated heterocycles. The van der Waals surface area contributed by atoms with E-state index in [1.807, 2.05) is 48.5 Å². The Hall–Kier alpha value is -2.60. The van der Waals surface area contributed by atoms with Gasteiger partial charge in [0.15, 0.2) is 5.17 Å². The van der Waals surface area contributed by atoms with E-state index in [0.29, 0.717) is 13.1 Å². The monoisotopic (exact) mass is 380 g/mol. The van der Waals surface area contributed by atoms with Crippen molar-refractivity contribution in [1.29, 1.82) is 5.41 Å². The van der Waals surface area contributed by atoms with E-state index in [-0.39, 0.29) is 21.7 Å².